The molecule has 1 aromatic rings. The van der Waals surface area contributed by atoms with E-state index in [-0.39, 0.29) is 17.2 Å². The summed E-state index contributed by atoms with van der Waals surface area (Å²) in [5.74, 6) is -0.391. The molecule has 3 aliphatic rings. The molecule has 0 aliphatic heterocycles. The Morgan fingerprint density at radius 1 is 0.719 bits per heavy atom. The number of nitro groups is 2. The summed E-state index contributed by atoms with van der Waals surface area (Å²) in [7, 11) is 0. The lowest BCUT2D eigenvalue weighted by Gasteiger charge is -2.30. The van der Waals surface area contributed by atoms with Crippen LogP contribution in [-0.2, 0) is 0 Å². The normalized spacial score (nSPS) is 20.9. The summed E-state index contributed by atoms with van der Waals surface area (Å²) in [5.41, 5.74) is -0.987. The molecule has 32 heavy (non-hydrogen) atoms. The van der Waals surface area contributed by atoms with Crippen molar-refractivity contribution < 1.29 is 15.0 Å². The highest BCUT2D eigenvalue weighted by atomic mass is 16.6. The van der Waals surface area contributed by atoms with Gasteiger partial charge in [-0.25, -0.2) is 0 Å². The average molecular weight is 448 g/mol. The Morgan fingerprint density at radius 3 is 1.62 bits per heavy atom. The zero-order valence-corrected chi connectivity index (χ0v) is 19.0. The minimum Gasteiger partial charge on any atom is -0.507 e. The number of benzene rings is 1. The molecule has 4 rings (SSSR count). The van der Waals surface area contributed by atoms with E-state index in [0.29, 0.717) is 0 Å². The van der Waals surface area contributed by atoms with Crippen molar-refractivity contribution in [3.63, 3.8) is 0 Å². The zero-order chi connectivity index (χ0) is 22.9. The summed E-state index contributed by atoms with van der Waals surface area (Å²) in [5, 5.41) is 35.8. The van der Waals surface area contributed by atoms with E-state index in [0.717, 1.165) is 50.3 Å². The molecule has 0 bridgehead atoms. The molecule has 0 spiro atoms. The van der Waals surface area contributed by atoms with E-state index in [1.165, 1.54) is 70.3 Å². The molecular formula is C24H37N3O5. The van der Waals surface area contributed by atoms with E-state index in [9.17, 15) is 25.3 Å². The smallest absolute Gasteiger partial charge is 0.353 e. The minimum atomic E-state index is -0.774. The molecule has 3 aliphatic carbocycles. The van der Waals surface area contributed by atoms with Gasteiger partial charge in [0.25, 0.3) is 0 Å². The molecule has 0 radical (unpaired) electrons. The molecule has 1 aromatic carbocycles. The van der Waals surface area contributed by atoms with Crippen molar-refractivity contribution in [1.29, 1.82) is 0 Å². The van der Waals surface area contributed by atoms with Gasteiger partial charge in [-0.3, -0.25) is 20.2 Å². The summed E-state index contributed by atoms with van der Waals surface area (Å²) >= 11 is 0. The van der Waals surface area contributed by atoms with Crippen LogP contribution >= 0.6 is 0 Å². The fourth-order valence-corrected chi connectivity index (χ4v) is 5.59. The first-order chi connectivity index (χ1) is 15.5. The topological polar surface area (TPSA) is 119 Å². The molecule has 0 aromatic heterocycles. The first kappa shape index (κ1) is 24.4. The van der Waals surface area contributed by atoms with Gasteiger partial charge in [-0.15, -0.1) is 0 Å². The first-order valence-corrected chi connectivity index (χ1v) is 12.4. The Hall–Kier alpha value is -2.22. The van der Waals surface area contributed by atoms with Crippen LogP contribution in [0, 0.1) is 20.2 Å². The number of hydrogen-bond donors (Lipinski definition) is 2. The van der Waals surface area contributed by atoms with Crippen molar-refractivity contribution >= 4 is 11.4 Å². The van der Waals surface area contributed by atoms with Crippen LogP contribution in [-0.4, -0.2) is 27.0 Å². The van der Waals surface area contributed by atoms with E-state index >= 15 is 0 Å². The number of nitro benzene ring substituents is 2. The van der Waals surface area contributed by atoms with Crippen molar-refractivity contribution in [2.24, 2.45) is 0 Å². The molecular weight excluding hydrogens is 410 g/mol. The lowest BCUT2D eigenvalue weighted by molar-refractivity contribution is -0.423. The highest BCUT2D eigenvalue weighted by Crippen LogP contribution is 2.45. The number of nitrogens with zero attached hydrogens (tertiary/aromatic N) is 2. The van der Waals surface area contributed by atoms with E-state index in [2.05, 4.69) is 5.32 Å². The van der Waals surface area contributed by atoms with Gasteiger partial charge < -0.3 is 10.4 Å². The number of rotatable bonds is 5. The second-order valence-corrected chi connectivity index (χ2v) is 9.55. The Balaban J connectivity index is 0.000000193. The molecule has 0 saturated heterocycles. The minimum absolute atomic E-state index is 0.124. The summed E-state index contributed by atoms with van der Waals surface area (Å²) in [6.07, 6.45) is 18.9. The highest BCUT2D eigenvalue weighted by Gasteiger charge is 2.35. The van der Waals surface area contributed by atoms with Crippen LogP contribution < -0.4 is 5.32 Å². The second kappa shape index (κ2) is 12.1. The standard InChI is InChI=1S/C12H14N2O5.C12H23N/c15-10-7-6-9(13(16)17)12(14(18)19)11(10)8-4-2-1-3-5-8;1-3-7-11(8-4-1)13-12-9-5-2-6-10-12/h6-8,15H,1-5H2;11-13H,1-10H2. The molecule has 8 nitrogen and oxygen atoms in total. The molecule has 2 N–H and O–H groups in total. The van der Waals surface area contributed by atoms with Gasteiger partial charge in [0.2, 0.25) is 0 Å². The Morgan fingerprint density at radius 2 is 1.19 bits per heavy atom. The molecule has 8 heteroatoms. The summed E-state index contributed by atoms with van der Waals surface area (Å²) in [4.78, 5) is 20.5. The van der Waals surface area contributed by atoms with Crippen LogP contribution in [0.15, 0.2) is 12.1 Å². The van der Waals surface area contributed by atoms with Crippen LogP contribution in [0.2, 0.25) is 0 Å². The largest absolute Gasteiger partial charge is 0.507 e. The van der Waals surface area contributed by atoms with E-state index in [1.807, 2.05) is 0 Å². The average Bonchev–Trinajstić information content (AvgIpc) is 2.81. The first-order valence-electron chi connectivity index (χ1n) is 12.4. The Kier molecular flexibility index (Phi) is 9.26. The predicted octanol–water partition coefficient (Wildman–Crippen LogP) is 6.50. The van der Waals surface area contributed by atoms with Gasteiger partial charge in [0.1, 0.15) is 5.75 Å². The fourth-order valence-electron chi connectivity index (χ4n) is 5.59. The fraction of sp³-hybridized carbons (Fsp3) is 0.750. The number of aromatic hydroxyl groups is 1. The summed E-state index contributed by atoms with van der Waals surface area (Å²) in [6.45, 7) is 0. The maximum Gasteiger partial charge on any atom is 0.353 e. The van der Waals surface area contributed by atoms with Gasteiger partial charge in [-0.2, -0.15) is 0 Å². The van der Waals surface area contributed by atoms with E-state index in [1.54, 1.807) is 0 Å². The van der Waals surface area contributed by atoms with Gasteiger partial charge in [-0.1, -0.05) is 57.8 Å². The van der Waals surface area contributed by atoms with Crippen molar-refractivity contribution in [3.8, 4) is 5.75 Å². The molecule has 0 heterocycles. The summed E-state index contributed by atoms with van der Waals surface area (Å²) in [6, 6.07) is 3.91. The molecule has 3 fully saturated rings. The summed E-state index contributed by atoms with van der Waals surface area (Å²) < 4.78 is 0. The molecule has 178 valence electrons. The van der Waals surface area contributed by atoms with Crippen molar-refractivity contribution in [1.82, 2.24) is 5.32 Å². The van der Waals surface area contributed by atoms with E-state index < -0.39 is 21.2 Å². The van der Waals surface area contributed by atoms with Gasteiger partial charge in [0.15, 0.2) is 0 Å². The SMILES string of the molecule is C1CCC(NC2CCCCC2)CC1.O=[N+]([O-])c1ccc(O)c(C2CCCCC2)c1[N+](=O)[O-]. The lowest BCUT2D eigenvalue weighted by Crippen LogP contribution is -2.40. The Bertz CT molecular complexity index is 751. The van der Waals surface area contributed by atoms with Crippen molar-refractivity contribution in [3.05, 3.63) is 37.9 Å². The third-order valence-corrected chi connectivity index (χ3v) is 7.25. The van der Waals surface area contributed by atoms with Crippen molar-refractivity contribution in [2.75, 3.05) is 0 Å². The van der Waals surface area contributed by atoms with Crippen LogP contribution in [0.4, 0.5) is 11.4 Å². The van der Waals surface area contributed by atoms with Gasteiger partial charge in [0.05, 0.1) is 15.4 Å². The van der Waals surface area contributed by atoms with Crippen LogP contribution in [0.5, 0.6) is 5.75 Å². The number of nitrogens with one attached hydrogen (secondary N) is 1. The highest BCUT2D eigenvalue weighted by molar-refractivity contribution is 5.63. The number of phenolic OH excluding ortho intramolecular Hbond substituents is 1. The van der Waals surface area contributed by atoms with Crippen LogP contribution in [0.3, 0.4) is 0 Å². The molecule has 0 unspecified atom stereocenters. The quantitative estimate of drug-likeness (QED) is 0.393. The van der Waals surface area contributed by atoms with Gasteiger partial charge in [-0.05, 0) is 50.5 Å². The maximum absolute atomic E-state index is 11.1. The third-order valence-electron chi connectivity index (χ3n) is 7.25. The van der Waals surface area contributed by atoms with Gasteiger partial charge in [0, 0.05) is 18.2 Å². The number of phenols is 1. The lowest BCUT2D eigenvalue weighted by atomic mass is 9.82. The van der Waals surface area contributed by atoms with Gasteiger partial charge >= 0.3 is 11.4 Å². The van der Waals surface area contributed by atoms with Crippen LogP contribution in [0.25, 0.3) is 0 Å². The van der Waals surface area contributed by atoms with Crippen molar-refractivity contribution in [2.45, 2.75) is 114 Å². The monoisotopic (exact) mass is 447 g/mol. The Labute approximate surface area is 190 Å². The maximum atomic E-state index is 11.1. The van der Waals surface area contributed by atoms with E-state index in [4.69, 9.17) is 0 Å². The second-order valence-electron chi connectivity index (χ2n) is 9.55. The third kappa shape index (κ3) is 6.64. The zero-order valence-electron chi connectivity index (χ0n) is 19.0. The molecule has 3 saturated carbocycles. The number of hydrogen-bond acceptors (Lipinski definition) is 6. The van der Waals surface area contributed by atoms with Crippen LogP contribution in [0.1, 0.15) is 108 Å². The molecule has 0 atom stereocenters. The predicted molar refractivity (Wildman–Crippen MR) is 124 cm³/mol. The molecule has 0 amide bonds.